The van der Waals surface area contributed by atoms with E-state index >= 15 is 0 Å². The number of hydrogen-bond acceptors (Lipinski definition) is 3. The zero-order valence-corrected chi connectivity index (χ0v) is 9.41. The normalized spacial score (nSPS) is 22.6. The number of aryl methyl sites for hydroxylation is 1. The molecule has 2 heterocycles. The third-order valence-corrected chi connectivity index (χ3v) is 2.77. The molecule has 17 heavy (non-hydrogen) atoms. The van der Waals surface area contributed by atoms with Gasteiger partial charge in [-0.25, -0.2) is 13.8 Å². The molecule has 1 saturated heterocycles. The minimum atomic E-state index is -2.79. The van der Waals surface area contributed by atoms with Crippen molar-refractivity contribution in [2.75, 3.05) is 6.54 Å². The van der Waals surface area contributed by atoms with Crippen molar-refractivity contribution in [2.24, 2.45) is 7.05 Å². The molecule has 1 aliphatic heterocycles. The summed E-state index contributed by atoms with van der Waals surface area (Å²) in [6, 6.07) is -0.815. The molecule has 5 nitrogen and oxygen atoms in total. The summed E-state index contributed by atoms with van der Waals surface area (Å²) < 4.78 is 27.5. The fraction of sp³-hybridized carbons (Fsp3) is 0.600. The smallest absolute Gasteiger partial charge is 0.262 e. The van der Waals surface area contributed by atoms with Crippen LogP contribution in [0.15, 0.2) is 12.4 Å². The van der Waals surface area contributed by atoms with Gasteiger partial charge in [-0.1, -0.05) is 0 Å². The Morgan fingerprint density at radius 1 is 1.76 bits per heavy atom. The van der Waals surface area contributed by atoms with Crippen molar-refractivity contribution in [2.45, 2.75) is 24.9 Å². The molecule has 2 rings (SSSR count). The van der Waals surface area contributed by atoms with Crippen molar-refractivity contribution in [1.29, 1.82) is 0 Å². The van der Waals surface area contributed by atoms with Crippen LogP contribution in [0.3, 0.4) is 0 Å². The monoisotopic (exact) mass is 244 g/mol. The van der Waals surface area contributed by atoms with Gasteiger partial charge in [0.25, 0.3) is 5.92 Å². The lowest BCUT2D eigenvalue weighted by molar-refractivity contribution is -0.123. The Morgan fingerprint density at radius 3 is 3.06 bits per heavy atom. The van der Waals surface area contributed by atoms with Crippen LogP contribution in [0.4, 0.5) is 8.78 Å². The van der Waals surface area contributed by atoms with Crippen LogP contribution in [0, 0.1) is 0 Å². The largest absolute Gasteiger partial charge is 0.348 e. The molecule has 0 spiro atoms. The van der Waals surface area contributed by atoms with Crippen molar-refractivity contribution in [1.82, 2.24) is 20.2 Å². The van der Waals surface area contributed by atoms with Crippen LogP contribution in [-0.2, 0) is 18.4 Å². The molecule has 0 aliphatic carbocycles. The number of carbonyl (C=O) groups excluding carboxylic acids is 1. The predicted octanol–water partition coefficient (Wildman–Crippen LogP) is 0.0335. The van der Waals surface area contributed by atoms with Gasteiger partial charge < -0.3 is 9.88 Å². The van der Waals surface area contributed by atoms with Gasteiger partial charge in [0.05, 0.1) is 19.1 Å². The predicted molar refractivity (Wildman–Crippen MR) is 56.4 cm³/mol. The second kappa shape index (κ2) is 4.40. The highest BCUT2D eigenvalue weighted by Crippen LogP contribution is 2.24. The molecule has 1 amide bonds. The van der Waals surface area contributed by atoms with Gasteiger partial charge in [0.2, 0.25) is 5.91 Å². The van der Waals surface area contributed by atoms with E-state index in [0.29, 0.717) is 5.82 Å². The van der Waals surface area contributed by atoms with Gasteiger partial charge in [0.15, 0.2) is 0 Å². The number of rotatable bonds is 3. The number of nitrogens with zero attached hydrogens (tertiary/aromatic N) is 2. The molecular weight excluding hydrogens is 230 g/mol. The highest BCUT2D eigenvalue weighted by molar-refractivity contribution is 5.82. The number of amides is 1. The average Bonchev–Trinajstić information content (AvgIpc) is 2.81. The summed E-state index contributed by atoms with van der Waals surface area (Å²) in [4.78, 5) is 15.6. The first-order valence-corrected chi connectivity index (χ1v) is 5.33. The second-order valence-corrected chi connectivity index (χ2v) is 4.17. The molecular formula is C10H14F2N4O. The Bertz CT molecular complexity index is 418. The number of imidazole rings is 1. The van der Waals surface area contributed by atoms with Crippen LogP contribution in [0.2, 0.25) is 0 Å². The molecule has 94 valence electrons. The Labute approximate surface area is 97.2 Å². The highest BCUT2D eigenvalue weighted by atomic mass is 19.3. The van der Waals surface area contributed by atoms with Crippen LogP contribution in [0.5, 0.6) is 0 Å². The Morgan fingerprint density at radius 2 is 2.53 bits per heavy atom. The van der Waals surface area contributed by atoms with Gasteiger partial charge in [0, 0.05) is 25.9 Å². The summed E-state index contributed by atoms with van der Waals surface area (Å²) in [5.74, 6) is -2.51. The standard InChI is InChI=1S/C10H14F2N4O/c1-16-3-2-13-8(16)5-14-9(17)7-4-10(11,12)6-15-7/h2-3,7,15H,4-6H2,1H3,(H,14,17). The summed E-state index contributed by atoms with van der Waals surface area (Å²) in [6.07, 6.45) is 2.92. The lowest BCUT2D eigenvalue weighted by atomic mass is 10.2. The summed E-state index contributed by atoms with van der Waals surface area (Å²) in [5.41, 5.74) is 0. The number of nitrogens with one attached hydrogen (secondary N) is 2. The molecule has 2 N–H and O–H groups in total. The van der Waals surface area contributed by atoms with E-state index in [0.717, 1.165) is 0 Å². The van der Waals surface area contributed by atoms with E-state index in [1.165, 1.54) is 0 Å². The maximum Gasteiger partial charge on any atom is 0.262 e. The molecule has 1 aromatic heterocycles. The van der Waals surface area contributed by atoms with Crippen molar-refractivity contribution in [3.05, 3.63) is 18.2 Å². The Balaban J connectivity index is 1.85. The van der Waals surface area contributed by atoms with Crippen LogP contribution in [0.25, 0.3) is 0 Å². The third-order valence-electron chi connectivity index (χ3n) is 2.77. The lowest BCUT2D eigenvalue weighted by Crippen LogP contribution is -2.40. The summed E-state index contributed by atoms with van der Waals surface area (Å²) in [6.45, 7) is -0.195. The quantitative estimate of drug-likeness (QED) is 0.789. The minimum Gasteiger partial charge on any atom is -0.348 e. The third kappa shape index (κ3) is 2.79. The molecule has 1 aliphatic rings. The number of hydrogen-bond donors (Lipinski definition) is 2. The van der Waals surface area contributed by atoms with E-state index in [1.54, 1.807) is 24.0 Å². The zero-order valence-electron chi connectivity index (χ0n) is 9.41. The molecule has 0 radical (unpaired) electrons. The first kappa shape index (κ1) is 12.0. The number of carbonyl (C=O) groups is 1. The lowest BCUT2D eigenvalue weighted by Gasteiger charge is -2.10. The molecule has 0 bridgehead atoms. The van der Waals surface area contributed by atoms with Crippen molar-refractivity contribution in [3.63, 3.8) is 0 Å². The van der Waals surface area contributed by atoms with Gasteiger partial charge in [0.1, 0.15) is 5.82 Å². The van der Waals surface area contributed by atoms with Crippen LogP contribution < -0.4 is 10.6 Å². The van der Waals surface area contributed by atoms with Crippen LogP contribution in [-0.4, -0.2) is 34.0 Å². The summed E-state index contributed by atoms with van der Waals surface area (Å²) in [7, 11) is 1.80. The van der Waals surface area contributed by atoms with E-state index < -0.39 is 30.8 Å². The zero-order chi connectivity index (χ0) is 12.5. The topological polar surface area (TPSA) is 59.0 Å². The van der Waals surface area contributed by atoms with E-state index in [9.17, 15) is 13.6 Å². The number of alkyl halides is 2. The fourth-order valence-corrected chi connectivity index (χ4v) is 1.76. The number of aromatic nitrogens is 2. The minimum absolute atomic E-state index is 0.242. The SMILES string of the molecule is Cn1ccnc1CNC(=O)C1CC(F)(F)CN1. The van der Waals surface area contributed by atoms with Crippen molar-refractivity contribution < 1.29 is 13.6 Å². The molecule has 1 aromatic rings. The second-order valence-electron chi connectivity index (χ2n) is 4.17. The molecule has 1 atom stereocenters. The summed E-state index contributed by atoms with van der Waals surface area (Å²) >= 11 is 0. The van der Waals surface area contributed by atoms with E-state index in [1.807, 2.05) is 0 Å². The highest BCUT2D eigenvalue weighted by Gasteiger charge is 2.42. The Kier molecular flexibility index (Phi) is 3.10. The molecule has 0 aromatic carbocycles. The maximum absolute atomic E-state index is 12.9. The fourth-order valence-electron chi connectivity index (χ4n) is 1.76. The van der Waals surface area contributed by atoms with Crippen molar-refractivity contribution in [3.8, 4) is 0 Å². The van der Waals surface area contributed by atoms with Crippen molar-refractivity contribution >= 4 is 5.91 Å². The van der Waals surface area contributed by atoms with Gasteiger partial charge in [-0.3, -0.25) is 10.1 Å². The van der Waals surface area contributed by atoms with E-state index in [4.69, 9.17) is 0 Å². The van der Waals surface area contributed by atoms with Gasteiger partial charge >= 0.3 is 0 Å². The maximum atomic E-state index is 12.9. The first-order chi connectivity index (χ1) is 7.98. The van der Waals surface area contributed by atoms with E-state index in [-0.39, 0.29) is 6.54 Å². The van der Waals surface area contributed by atoms with Gasteiger partial charge in [-0.15, -0.1) is 0 Å². The van der Waals surface area contributed by atoms with Crippen LogP contribution >= 0.6 is 0 Å². The number of halogens is 2. The first-order valence-electron chi connectivity index (χ1n) is 5.33. The average molecular weight is 244 g/mol. The van der Waals surface area contributed by atoms with Crippen LogP contribution in [0.1, 0.15) is 12.2 Å². The molecule has 0 saturated carbocycles. The van der Waals surface area contributed by atoms with E-state index in [2.05, 4.69) is 15.6 Å². The molecule has 7 heteroatoms. The Hall–Kier alpha value is -1.50. The van der Waals surface area contributed by atoms with Gasteiger partial charge in [-0.05, 0) is 0 Å². The molecule has 1 unspecified atom stereocenters. The molecule has 1 fully saturated rings. The van der Waals surface area contributed by atoms with Gasteiger partial charge in [-0.2, -0.15) is 0 Å². The summed E-state index contributed by atoms with van der Waals surface area (Å²) in [5, 5.41) is 5.09.